The number of ether oxygens (including phenoxy) is 1. The first-order chi connectivity index (χ1) is 11.8. The van der Waals surface area contributed by atoms with Crippen molar-refractivity contribution in [3.8, 4) is 0 Å². The van der Waals surface area contributed by atoms with Crippen molar-refractivity contribution in [1.82, 2.24) is 0 Å². The summed E-state index contributed by atoms with van der Waals surface area (Å²) in [6.45, 7) is 0. The van der Waals surface area contributed by atoms with Crippen molar-refractivity contribution in [1.29, 1.82) is 0 Å². The third-order valence-corrected chi connectivity index (χ3v) is 4.53. The lowest BCUT2D eigenvalue weighted by molar-refractivity contribution is -0.297. The number of esters is 1. The van der Waals surface area contributed by atoms with E-state index in [-0.39, 0.29) is 16.1 Å². The fourth-order valence-electron chi connectivity index (χ4n) is 1.97. The van der Waals surface area contributed by atoms with E-state index in [0.717, 1.165) is 6.08 Å². The number of aliphatic carboxylic acids is 1. The first-order valence-electron chi connectivity index (χ1n) is 7.02. The molecular weight excluding hydrogens is 346 g/mol. The molecule has 7 nitrogen and oxygen atoms in total. The highest BCUT2D eigenvalue weighted by Crippen LogP contribution is 2.18. The zero-order valence-electron chi connectivity index (χ0n) is 13.1. The van der Waals surface area contributed by atoms with Gasteiger partial charge in [0.05, 0.1) is 23.5 Å². The summed E-state index contributed by atoms with van der Waals surface area (Å²) in [5, 5.41) is 10.4. The Hall–Kier alpha value is -3.13. The molecule has 0 aliphatic rings. The minimum absolute atomic E-state index is 0.0316. The van der Waals surface area contributed by atoms with E-state index in [2.05, 4.69) is 9.46 Å². The predicted octanol–water partition coefficient (Wildman–Crippen LogP) is 1.04. The molecule has 0 saturated heterocycles. The molecule has 0 bridgehead atoms. The second-order valence-corrected chi connectivity index (χ2v) is 6.58. The van der Waals surface area contributed by atoms with Crippen molar-refractivity contribution in [3.63, 3.8) is 0 Å². The second-order valence-electron chi connectivity index (χ2n) is 4.90. The maximum Gasteiger partial charge on any atom is 0.337 e. The van der Waals surface area contributed by atoms with Gasteiger partial charge in [-0.2, -0.15) is 0 Å². The highest BCUT2D eigenvalue weighted by molar-refractivity contribution is 7.92. The molecule has 0 amide bonds. The van der Waals surface area contributed by atoms with Crippen molar-refractivity contribution in [2.45, 2.75) is 4.90 Å². The number of carboxylic acid groups (broad SMARTS) is 1. The Morgan fingerprint density at radius 2 is 1.80 bits per heavy atom. The van der Waals surface area contributed by atoms with Crippen LogP contribution in [0.5, 0.6) is 0 Å². The summed E-state index contributed by atoms with van der Waals surface area (Å²) < 4.78 is 31.7. The number of rotatable bonds is 6. The Balaban J connectivity index is 2.22. The smallest absolute Gasteiger partial charge is 0.337 e. The first kappa shape index (κ1) is 18.2. The SMILES string of the molecule is COC(=O)c1ccc(S(=O)(=O)Nc2cccc(/C=C/C(=O)[O-])c2)cc1. The van der Waals surface area contributed by atoms with E-state index in [9.17, 15) is 23.1 Å². The summed E-state index contributed by atoms with van der Waals surface area (Å²) in [4.78, 5) is 21.8. The molecule has 0 aliphatic carbocycles. The summed E-state index contributed by atoms with van der Waals surface area (Å²) in [6, 6.07) is 11.5. The molecule has 1 N–H and O–H groups in total. The molecule has 2 rings (SSSR count). The molecular formula is C17H14NO6S-. The van der Waals surface area contributed by atoms with Gasteiger partial charge in [-0.15, -0.1) is 0 Å². The number of carboxylic acids is 1. The second kappa shape index (κ2) is 7.63. The molecule has 0 unspecified atom stereocenters. The topological polar surface area (TPSA) is 113 Å². The quantitative estimate of drug-likeness (QED) is 0.608. The lowest BCUT2D eigenvalue weighted by atomic mass is 10.2. The van der Waals surface area contributed by atoms with Crippen molar-refractivity contribution in [2.75, 3.05) is 11.8 Å². The molecule has 0 atom stereocenters. The monoisotopic (exact) mass is 360 g/mol. The number of carbonyl (C=O) groups excluding carboxylic acids is 2. The summed E-state index contributed by atoms with van der Waals surface area (Å²) in [7, 11) is -2.63. The third-order valence-electron chi connectivity index (χ3n) is 3.14. The molecule has 8 heteroatoms. The van der Waals surface area contributed by atoms with Crippen LogP contribution in [0.25, 0.3) is 6.08 Å². The first-order valence-corrected chi connectivity index (χ1v) is 8.50. The maximum atomic E-state index is 12.4. The van der Waals surface area contributed by atoms with Crippen LogP contribution in [0.3, 0.4) is 0 Å². The van der Waals surface area contributed by atoms with Crippen LogP contribution in [0, 0.1) is 0 Å². The molecule has 0 aromatic heterocycles. The molecule has 0 aliphatic heterocycles. The number of hydrogen-bond acceptors (Lipinski definition) is 6. The predicted molar refractivity (Wildman–Crippen MR) is 89.1 cm³/mol. The molecule has 2 aromatic carbocycles. The van der Waals surface area contributed by atoms with E-state index in [1.165, 1.54) is 49.6 Å². The minimum Gasteiger partial charge on any atom is -0.545 e. The number of carbonyl (C=O) groups is 2. The standard InChI is InChI=1S/C17H15NO6S/c1-24-17(21)13-6-8-15(9-7-13)25(22,23)18-14-4-2-3-12(11-14)5-10-16(19)20/h2-11,18H,1H3,(H,19,20)/p-1/b10-5+. The van der Waals surface area contributed by atoms with Crippen molar-refractivity contribution >= 4 is 33.7 Å². The van der Waals surface area contributed by atoms with E-state index in [1.807, 2.05) is 0 Å². The van der Waals surface area contributed by atoms with E-state index in [1.54, 1.807) is 12.1 Å². The Morgan fingerprint density at radius 1 is 1.12 bits per heavy atom. The van der Waals surface area contributed by atoms with Gasteiger partial charge in [0.1, 0.15) is 0 Å². The van der Waals surface area contributed by atoms with Gasteiger partial charge >= 0.3 is 5.97 Å². The van der Waals surface area contributed by atoms with Crippen LogP contribution in [-0.2, 0) is 19.6 Å². The van der Waals surface area contributed by atoms with Gasteiger partial charge in [-0.05, 0) is 48.0 Å². The third kappa shape index (κ3) is 4.92. The Bertz CT molecular complexity index is 916. The zero-order chi connectivity index (χ0) is 18.4. The lowest BCUT2D eigenvalue weighted by Crippen LogP contribution is -2.18. The summed E-state index contributed by atoms with van der Waals surface area (Å²) >= 11 is 0. The van der Waals surface area contributed by atoms with Crippen molar-refractivity contribution in [2.24, 2.45) is 0 Å². The van der Waals surface area contributed by atoms with Crippen LogP contribution in [0.2, 0.25) is 0 Å². The van der Waals surface area contributed by atoms with Gasteiger partial charge in [0.15, 0.2) is 0 Å². The Labute approximate surface area is 144 Å². The number of sulfonamides is 1. The zero-order valence-corrected chi connectivity index (χ0v) is 13.9. The van der Waals surface area contributed by atoms with E-state index in [4.69, 9.17) is 0 Å². The van der Waals surface area contributed by atoms with Crippen LogP contribution in [0.1, 0.15) is 15.9 Å². The van der Waals surface area contributed by atoms with Crippen LogP contribution in [0.15, 0.2) is 59.5 Å². The molecule has 130 valence electrons. The highest BCUT2D eigenvalue weighted by Gasteiger charge is 2.15. The Kier molecular flexibility index (Phi) is 5.56. The fourth-order valence-corrected chi connectivity index (χ4v) is 3.02. The lowest BCUT2D eigenvalue weighted by Gasteiger charge is -2.09. The van der Waals surface area contributed by atoms with Crippen LogP contribution < -0.4 is 9.83 Å². The average molecular weight is 360 g/mol. The molecule has 0 spiro atoms. The van der Waals surface area contributed by atoms with Gasteiger partial charge in [-0.25, -0.2) is 13.2 Å². The van der Waals surface area contributed by atoms with Gasteiger partial charge < -0.3 is 14.6 Å². The highest BCUT2D eigenvalue weighted by atomic mass is 32.2. The summed E-state index contributed by atoms with van der Waals surface area (Å²) in [5.74, 6) is -1.92. The largest absolute Gasteiger partial charge is 0.545 e. The molecule has 0 saturated carbocycles. The van der Waals surface area contributed by atoms with Gasteiger partial charge in [0.25, 0.3) is 10.0 Å². The van der Waals surface area contributed by atoms with E-state index < -0.39 is 22.0 Å². The molecule has 0 radical (unpaired) electrons. The fraction of sp³-hybridized carbons (Fsp3) is 0.0588. The average Bonchev–Trinajstić information content (AvgIpc) is 2.59. The number of anilines is 1. The van der Waals surface area contributed by atoms with Crippen LogP contribution in [-0.4, -0.2) is 27.5 Å². The van der Waals surface area contributed by atoms with E-state index in [0.29, 0.717) is 5.56 Å². The molecule has 0 fully saturated rings. The number of nitrogens with one attached hydrogen (secondary N) is 1. The van der Waals surface area contributed by atoms with Gasteiger partial charge in [0.2, 0.25) is 0 Å². The van der Waals surface area contributed by atoms with Crippen molar-refractivity contribution in [3.05, 3.63) is 65.7 Å². The Morgan fingerprint density at radius 3 is 2.40 bits per heavy atom. The number of hydrogen-bond donors (Lipinski definition) is 1. The van der Waals surface area contributed by atoms with Crippen LogP contribution in [0.4, 0.5) is 5.69 Å². The van der Waals surface area contributed by atoms with Gasteiger partial charge in [-0.3, -0.25) is 4.72 Å². The van der Waals surface area contributed by atoms with Crippen molar-refractivity contribution < 1.29 is 27.9 Å². The number of methoxy groups -OCH3 is 1. The maximum absolute atomic E-state index is 12.4. The summed E-state index contributed by atoms with van der Waals surface area (Å²) in [6.07, 6.45) is 2.14. The van der Waals surface area contributed by atoms with E-state index >= 15 is 0 Å². The molecule has 25 heavy (non-hydrogen) atoms. The molecule has 0 heterocycles. The summed E-state index contributed by atoms with van der Waals surface area (Å²) in [5.41, 5.74) is 0.985. The van der Waals surface area contributed by atoms with Crippen LogP contribution >= 0.6 is 0 Å². The van der Waals surface area contributed by atoms with Gasteiger partial charge in [0, 0.05) is 5.69 Å². The molecule has 2 aromatic rings. The van der Waals surface area contributed by atoms with Gasteiger partial charge in [-0.1, -0.05) is 18.2 Å². The number of benzene rings is 2. The minimum atomic E-state index is -3.87. The normalized spacial score (nSPS) is 11.2.